The highest BCUT2D eigenvalue weighted by Gasteiger charge is 2.20. The van der Waals surface area contributed by atoms with E-state index in [0.29, 0.717) is 16.7 Å². The molecule has 230 valence electrons. The summed E-state index contributed by atoms with van der Waals surface area (Å²) in [5, 5.41) is 33.5. The van der Waals surface area contributed by atoms with Gasteiger partial charge in [0.15, 0.2) is 0 Å². The van der Waals surface area contributed by atoms with Crippen molar-refractivity contribution in [2.24, 2.45) is 0 Å². The summed E-state index contributed by atoms with van der Waals surface area (Å²) >= 11 is 0. The highest BCUT2D eigenvalue weighted by atomic mass is 15.0. The molecule has 0 fully saturated rings. The number of nitriles is 3. The molecule has 0 aliphatic rings. The normalized spacial score (nSPS) is 11.1. The third kappa shape index (κ3) is 4.31. The first kappa shape index (κ1) is 28.8. The van der Waals surface area contributed by atoms with Gasteiger partial charge in [-0.25, -0.2) is 0 Å². The molecule has 7 aromatic carbocycles. The Kier molecular flexibility index (Phi) is 6.56. The zero-order valence-electron chi connectivity index (χ0n) is 26.7. The Morgan fingerprint density at radius 1 is 0.400 bits per heavy atom. The number of rotatable bonds is 4. The summed E-state index contributed by atoms with van der Waals surface area (Å²) in [6.45, 7) is 0. The summed E-state index contributed by atoms with van der Waals surface area (Å²) in [7, 11) is 0. The number of benzene rings is 7. The molecule has 0 spiro atoms. The SMILES string of the molecule is N#Cc1ccc(-n2c3ccc(C#N)cc3c3cccc(-c4ccccc4-c4ccc5c(c4)c4ccccc4n5-c4ccccc4C#N)c32)cc1. The molecule has 0 aliphatic carbocycles. The van der Waals surface area contributed by atoms with Crippen LogP contribution in [0.1, 0.15) is 16.7 Å². The lowest BCUT2D eigenvalue weighted by molar-refractivity contribution is 1.17. The maximum absolute atomic E-state index is 9.96. The van der Waals surface area contributed by atoms with Gasteiger partial charge in [-0.05, 0) is 89.5 Å². The van der Waals surface area contributed by atoms with Crippen LogP contribution in [0.15, 0.2) is 152 Å². The van der Waals surface area contributed by atoms with Gasteiger partial charge in [-0.3, -0.25) is 0 Å². The highest BCUT2D eigenvalue weighted by Crippen LogP contribution is 2.43. The molecule has 0 aliphatic heterocycles. The highest BCUT2D eigenvalue weighted by molar-refractivity contribution is 6.15. The number of hydrogen-bond acceptors (Lipinski definition) is 3. The van der Waals surface area contributed by atoms with Crippen molar-refractivity contribution in [1.29, 1.82) is 15.8 Å². The van der Waals surface area contributed by atoms with Crippen LogP contribution < -0.4 is 0 Å². The third-order valence-electron chi connectivity index (χ3n) is 9.64. The number of hydrogen-bond donors (Lipinski definition) is 0. The van der Waals surface area contributed by atoms with Gasteiger partial charge in [0.05, 0.1) is 56.6 Å². The summed E-state index contributed by atoms with van der Waals surface area (Å²) < 4.78 is 4.42. The second kappa shape index (κ2) is 11.4. The third-order valence-corrected chi connectivity index (χ3v) is 9.64. The van der Waals surface area contributed by atoms with E-state index in [0.717, 1.165) is 77.2 Å². The van der Waals surface area contributed by atoms with E-state index in [4.69, 9.17) is 0 Å². The minimum atomic E-state index is 0.597. The van der Waals surface area contributed by atoms with Crippen LogP contribution in [0.3, 0.4) is 0 Å². The lowest BCUT2D eigenvalue weighted by atomic mass is 9.92. The Labute approximate surface area is 287 Å². The minimum absolute atomic E-state index is 0.597. The van der Waals surface area contributed by atoms with Crippen LogP contribution in [0.5, 0.6) is 0 Å². The molecule has 0 bridgehead atoms. The minimum Gasteiger partial charge on any atom is -0.309 e. The van der Waals surface area contributed by atoms with Crippen LogP contribution in [0.2, 0.25) is 0 Å². The number of para-hydroxylation sites is 3. The number of fused-ring (bicyclic) bond motifs is 6. The molecule has 0 N–H and O–H groups in total. The summed E-state index contributed by atoms with van der Waals surface area (Å²) in [6, 6.07) is 57.9. The fourth-order valence-corrected chi connectivity index (χ4v) is 7.44. The monoisotopic (exact) mass is 635 g/mol. The van der Waals surface area contributed by atoms with Gasteiger partial charge in [0.25, 0.3) is 0 Å². The van der Waals surface area contributed by atoms with Crippen LogP contribution in [0.25, 0.3) is 77.2 Å². The van der Waals surface area contributed by atoms with E-state index in [1.54, 1.807) is 0 Å². The molecule has 0 saturated carbocycles. The Morgan fingerprint density at radius 2 is 1.02 bits per heavy atom. The van der Waals surface area contributed by atoms with E-state index in [-0.39, 0.29) is 0 Å². The quantitative estimate of drug-likeness (QED) is 0.193. The molecule has 5 heteroatoms. The topological polar surface area (TPSA) is 81.2 Å². The molecule has 50 heavy (non-hydrogen) atoms. The second-order valence-electron chi connectivity index (χ2n) is 12.3. The van der Waals surface area contributed by atoms with Gasteiger partial charge in [-0.2, -0.15) is 15.8 Å². The van der Waals surface area contributed by atoms with E-state index in [1.165, 1.54) is 0 Å². The summed E-state index contributed by atoms with van der Waals surface area (Å²) in [5.74, 6) is 0. The Bertz CT molecular complexity index is 2960. The Hall–Kier alpha value is -7.39. The van der Waals surface area contributed by atoms with Gasteiger partial charge >= 0.3 is 0 Å². The molecule has 2 aromatic heterocycles. The van der Waals surface area contributed by atoms with Crippen molar-refractivity contribution in [3.63, 3.8) is 0 Å². The predicted molar refractivity (Wildman–Crippen MR) is 200 cm³/mol. The smallest absolute Gasteiger partial charge is 0.101 e. The molecule has 9 rings (SSSR count). The standard InChI is InChI=1S/C45H25N5/c46-26-29-16-20-33(21-17-29)49-43-22-18-30(27-47)24-39(43)38-13-7-12-37(45(38)49)35-10-3-2-9-34(35)31-19-23-44-40(25-31)36-11-4-6-15-42(36)50(44)41-14-5-1-8-32(41)28-48/h1-25H. The van der Waals surface area contributed by atoms with Crippen molar-refractivity contribution >= 4 is 43.6 Å². The van der Waals surface area contributed by atoms with Crippen molar-refractivity contribution in [3.8, 4) is 51.8 Å². The summed E-state index contributed by atoms with van der Waals surface area (Å²) in [4.78, 5) is 0. The molecule has 0 saturated heterocycles. The molecule has 0 unspecified atom stereocenters. The molecule has 0 radical (unpaired) electrons. The van der Waals surface area contributed by atoms with Gasteiger partial charge in [0.2, 0.25) is 0 Å². The van der Waals surface area contributed by atoms with E-state index < -0.39 is 0 Å². The van der Waals surface area contributed by atoms with Crippen molar-refractivity contribution in [2.75, 3.05) is 0 Å². The van der Waals surface area contributed by atoms with Gasteiger partial charge < -0.3 is 9.13 Å². The number of nitrogens with zero attached hydrogens (tertiary/aromatic N) is 5. The maximum atomic E-state index is 9.96. The zero-order chi connectivity index (χ0) is 33.8. The first-order valence-corrected chi connectivity index (χ1v) is 16.3. The Morgan fingerprint density at radius 3 is 1.84 bits per heavy atom. The first-order valence-electron chi connectivity index (χ1n) is 16.3. The lowest BCUT2D eigenvalue weighted by Crippen LogP contribution is -1.97. The van der Waals surface area contributed by atoms with Gasteiger partial charge in [-0.1, -0.05) is 78.9 Å². The van der Waals surface area contributed by atoms with Crippen LogP contribution >= 0.6 is 0 Å². The Balaban J connectivity index is 1.31. The van der Waals surface area contributed by atoms with Crippen molar-refractivity contribution in [1.82, 2.24) is 9.13 Å². The van der Waals surface area contributed by atoms with Crippen LogP contribution in [-0.2, 0) is 0 Å². The average molecular weight is 636 g/mol. The van der Waals surface area contributed by atoms with Crippen LogP contribution in [0.4, 0.5) is 0 Å². The predicted octanol–water partition coefficient (Wildman–Crippen LogP) is 10.8. The van der Waals surface area contributed by atoms with Crippen molar-refractivity contribution in [2.45, 2.75) is 0 Å². The van der Waals surface area contributed by atoms with Crippen molar-refractivity contribution in [3.05, 3.63) is 168 Å². The summed E-state index contributed by atoms with van der Waals surface area (Å²) in [6.07, 6.45) is 0. The molecule has 0 atom stereocenters. The molecular weight excluding hydrogens is 611 g/mol. The van der Waals surface area contributed by atoms with Crippen molar-refractivity contribution < 1.29 is 0 Å². The summed E-state index contributed by atoms with van der Waals surface area (Å²) in [5.41, 5.74) is 12.0. The van der Waals surface area contributed by atoms with E-state index >= 15 is 0 Å². The van der Waals surface area contributed by atoms with Gasteiger partial charge in [0, 0.05) is 32.8 Å². The fourth-order valence-electron chi connectivity index (χ4n) is 7.44. The largest absolute Gasteiger partial charge is 0.309 e. The second-order valence-corrected chi connectivity index (χ2v) is 12.3. The average Bonchev–Trinajstić information content (AvgIpc) is 3.70. The van der Waals surface area contributed by atoms with E-state index in [1.807, 2.05) is 72.8 Å². The molecule has 9 aromatic rings. The molecule has 5 nitrogen and oxygen atoms in total. The van der Waals surface area contributed by atoms with Gasteiger partial charge in [-0.15, -0.1) is 0 Å². The molecular formula is C45H25N5. The fraction of sp³-hybridized carbons (Fsp3) is 0. The van der Waals surface area contributed by atoms with E-state index in [9.17, 15) is 15.8 Å². The number of aromatic nitrogens is 2. The maximum Gasteiger partial charge on any atom is 0.101 e. The first-order chi connectivity index (χ1) is 24.7. The van der Waals surface area contributed by atoms with Crippen LogP contribution in [0, 0.1) is 34.0 Å². The lowest BCUT2D eigenvalue weighted by Gasteiger charge is -2.15. The zero-order valence-corrected chi connectivity index (χ0v) is 26.7. The molecule has 0 amide bonds. The van der Waals surface area contributed by atoms with Gasteiger partial charge in [0.1, 0.15) is 6.07 Å². The van der Waals surface area contributed by atoms with E-state index in [2.05, 4.69) is 106 Å². The van der Waals surface area contributed by atoms with Crippen LogP contribution in [-0.4, -0.2) is 9.13 Å². The molecule has 2 heterocycles.